The van der Waals surface area contributed by atoms with Gasteiger partial charge in [0.1, 0.15) is 12.4 Å². The second-order valence-corrected chi connectivity index (χ2v) is 5.58. The Hall–Kier alpha value is -1.02. The largest absolute Gasteiger partial charge is 0.491 e. The van der Waals surface area contributed by atoms with Crippen LogP contribution in [0.5, 0.6) is 5.75 Å². The Balaban J connectivity index is 2.00. The van der Waals surface area contributed by atoms with Gasteiger partial charge in [0.05, 0.1) is 5.60 Å². The summed E-state index contributed by atoms with van der Waals surface area (Å²) in [6, 6.07) is 6.29. The minimum atomic E-state index is -0.765. The first kappa shape index (κ1) is 12.4. The topological polar surface area (TPSA) is 29.5 Å². The lowest BCUT2D eigenvalue weighted by molar-refractivity contribution is -0.0266. The van der Waals surface area contributed by atoms with Gasteiger partial charge in [0.25, 0.3) is 0 Å². The number of hydrogen-bond donors (Lipinski definition) is 1. The lowest BCUT2D eigenvalue weighted by Crippen LogP contribution is -2.37. The van der Waals surface area contributed by atoms with Gasteiger partial charge in [-0.1, -0.05) is 19.9 Å². The van der Waals surface area contributed by atoms with Crippen LogP contribution in [0.2, 0.25) is 0 Å². The van der Waals surface area contributed by atoms with Crippen LogP contribution in [0, 0.1) is 5.92 Å². The molecule has 0 spiro atoms. The van der Waals surface area contributed by atoms with E-state index in [1.165, 1.54) is 24.0 Å². The van der Waals surface area contributed by atoms with Gasteiger partial charge in [0.2, 0.25) is 0 Å². The van der Waals surface area contributed by atoms with E-state index < -0.39 is 5.60 Å². The minimum absolute atomic E-state index is 0.192. The zero-order valence-electron chi connectivity index (χ0n) is 11.0. The molecule has 0 radical (unpaired) electrons. The molecular formula is C15H22O2. The fourth-order valence-electron chi connectivity index (χ4n) is 2.03. The van der Waals surface area contributed by atoms with E-state index in [1.807, 2.05) is 26.8 Å². The van der Waals surface area contributed by atoms with Gasteiger partial charge in [-0.15, -0.1) is 0 Å². The summed E-state index contributed by atoms with van der Waals surface area (Å²) in [6.45, 7) is 6.19. The fraction of sp³-hybridized carbons (Fsp3) is 0.600. The van der Waals surface area contributed by atoms with Crippen LogP contribution in [-0.2, 0) is 12.8 Å². The van der Waals surface area contributed by atoms with Crippen LogP contribution >= 0.6 is 0 Å². The van der Waals surface area contributed by atoms with Crippen molar-refractivity contribution in [3.8, 4) is 5.75 Å². The number of aliphatic hydroxyl groups is 1. The fourth-order valence-corrected chi connectivity index (χ4v) is 2.03. The predicted octanol–water partition coefficient (Wildman–Crippen LogP) is 2.96. The molecule has 0 aromatic heterocycles. The summed E-state index contributed by atoms with van der Waals surface area (Å²) < 4.78 is 5.71. The van der Waals surface area contributed by atoms with E-state index in [2.05, 4.69) is 12.1 Å². The maximum atomic E-state index is 10.1. The van der Waals surface area contributed by atoms with Crippen molar-refractivity contribution in [3.05, 3.63) is 29.3 Å². The Morgan fingerprint density at radius 3 is 2.71 bits per heavy atom. The van der Waals surface area contributed by atoms with Crippen molar-refractivity contribution < 1.29 is 9.84 Å². The first-order valence-corrected chi connectivity index (χ1v) is 6.46. The maximum absolute atomic E-state index is 10.1. The smallest absolute Gasteiger partial charge is 0.119 e. The van der Waals surface area contributed by atoms with Crippen molar-refractivity contribution in [2.75, 3.05) is 6.61 Å². The van der Waals surface area contributed by atoms with E-state index in [9.17, 15) is 5.11 Å². The van der Waals surface area contributed by atoms with Crippen LogP contribution in [0.1, 0.15) is 38.3 Å². The van der Waals surface area contributed by atoms with Gasteiger partial charge >= 0.3 is 0 Å². The number of hydrogen-bond acceptors (Lipinski definition) is 2. The van der Waals surface area contributed by atoms with E-state index in [1.54, 1.807) is 0 Å². The lowest BCUT2D eigenvalue weighted by atomic mass is 9.94. The zero-order chi connectivity index (χ0) is 12.5. The minimum Gasteiger partial charge on any atom is -0.491 e. The molecule has 1 aliphatic carbocycles. The van der Waals surface area contributed by atoms with Crippen LogP contribution in [0.25, 0.3) is 0 Å². The highest BCUT2D eigenvalue weighted by Gasteiger charge is 2.25. The quantitative estimate of drug-likeness (QED) is 0.868. The molecule has 94 valence electrons. The van der Waals surface area contributed by atoms with Crippen molar-refractivity contribution >= 4 is 0 Å². The molecule has 0 saturated heterocycles. The highest BCUT2D eigenvalue weighted by atomic mass is 16.5. The van der Waals surface area contributed by atoms with E-state index in [4.69, 9.17) is 4.74 Å². The molecule has 0 amide bonds. The van der Waals surface area contributed by atoms with Crippen LogP contribution in [-0.4, -0.2) is 17.3 Å². The summed E-state index contributed by atoms with van der Waals surface area (Å²) in [5.74, 6) is 1.07. The number of rotatable bonds is 4. The van der Waals surface area contributed by atoms with Crippen molar-refractivity contribution in [3.63, 3.8) is 0 Å². The van der Waals surface area contributed by atoms with E-state index in [0.717, 1.165) is 12.2 Å². The number of aryl methyl sites for hydroxylation is 2. The first-order valence-electron chi connectivity index (χ1n) is 6.46. The lowest BCUT2D eigenvalue weighted by Gasteiger charge is -2.27. The normalized spacial score (nSPS) is 17.9. The van der Waals surface area contributed by atoms with E-state index in [-0.39, 0.29) is 5.92 Å². The SMILES string of the molecule is CC(C)C(C)(O)COc1ccc2c(c1)CCC2. The average molecular weight is 234 g/mol. The van der Waals surface area contributed by atoms with Crippen LogP contribution < -0.4 is 4.74 Å². The van der Waals surface area contributed by atoms with Crippen molar-refractivity contribution in [1.82, 2.24) is 0 Å². The van der Waals surface area contributed by atoms with Crippen molar-refractivity contribution in [2.45, 2.75) is 45.6 Å². The molecule has 1 N–H and O–H groups in total. The van der Waals surface area contributed by atoms with Gasteiger partial charge in [0.15, 0.2) is 0 Å². The molecule has 0 fully saturated rings. The molecule has 1 aromatic carbocycles. The third kappa shape index (κ3) is 2.81. The Kier molecular flexibility index (Phi) is 3.43. The second kappa shape index (κ2) is 4.69. The zero-order valence-corrected chi connectivity index (χ0v) is 11.0. The number of fused-ring (bicyclic) bond motifs is 1. The van der Waals surface area contributed by atoms with Gasteiger partial charge in [-0.25, -0.2) is 0 Å². The third-order valence-electron chi connectivity index (χ3n) is 3.84. The molecule has 0 saturated carbocycles. The van der Waals surface area contributed by atoms with Gasteiger partial charge in [-0.05, 0) is 55.4 Å². The maximum Gasteiger partial charge on any atom is 0.119 e. The van der Waals surface area contributed by atoms with Gasteiger partial charge in [-0.3, -0.25) is 0 Å². The van der Waals surface area contributed by atoms with E-state index >= 15 is 0 Å². The Bertz CT molecular complexity index is 394. The summed E-state index contributed by atoms with van der Waals surface area (Å²) in [5, 5.41) is 10.1. The average Bonchev–Trinajstić information content (AvgIpc) is 2.73. The van der Waals surface area contributed by atoms with Crippen molar-refractivity contribution in [2.24, 2.45) is 5.92 Å². The third-order valence-corrected chi connectivity index (χ3v) is 3.84. The molecule has 2 nitrogen and oxygen atoms in total. The van der Waals surface area contributed by atoms with Gasteiger partial charge in [0, 0.05) is 0 Å². The summed E-state index contributed by atoms with van der Waals surface area (Å²) in [6.07, 6.45) is 3.61. The summed E-state index contributed by atoms with van der Waals surface area (Å²) in [5.41, 5.74) is 2.10. The Morgan fingerprint density at radius 2 is 2.00 bits per heavy atom. The molecular weight excluding hydrogens is 212 g/mol. The summed E-state index contributed by atoms with van der Waals surface area (Å²) in [4.78, 5) is 0. The second-order valence-electron chi connectivity index (χ2n) is 5.58. The Morgan fingerprint density at radius 1 is 1.29 bits per heavy atom. The highest BCUT2D eigenvalue weighted by molar-refractivity contribution is 5.38. The molecule has 0 heterocycles. The monoisotopic (exact) mass is 234 g/mol. The van der Waals surface area contributed by atoms with Crippen LogP contribution in [0.15, 0.2) is 18.2 Å². The molecule has 0 bridgehead atoms. The first-order chi connectivity index (χ1) is 7.99. The molecule has 2 rings (SSSR count). The molecule has 1 aromatic rings. The molecule has 1 aliphatic rings. The molecule has 17 heavy (non-hydrogen) atoms. The summed E-state index contributed by atoms with van der Waals surface area (Å²) >= 11 is 0. The standard InChI is InChI=1S/C15H22O2/c1-11(2)15(3,16)10-17-14-8-7-12-5-4-6-13(12)9-14/h7-9,11,16H,4-6,10H2,1-3H3. The van der Waals surface area contributed by atoms with Gasteiger partial charge in [-0.2, -0.15) is 0 Å². The molecule has 0 aliphatic heterocycles. The van der Waals surface area contributed by atoms with Crippen LogP contribution in [0.3, 0.4) is 0 Å². The Labute approximate surface area is 104 Å². The molecule has 2 heteroatoms. The number of benzene rings is 1. The van der Waals surface area contributed by atoms with E-state index in [0.29, 0.717) is 6.61 Å². The molecule has 1 atom stereocenters. The van der Waals surface area contributed by atoms with Crippen molar-refractivity contribution in [1.29, 1.82) is 0 Å². The highest BCUT2D eigenvalue weighted by Crippen LogP contribution is 2.27. The van der Waals surface area contributed by atoms with Crippen LogP contribution in [0.4, 0.5) is 0 Å². The summed E-state index contributed by atoms with van der Waals surface area (Å²) in [7, 11) is 0. The molecule has 1 unspecified atom stereocenters. The van der Waals surface area contributed by atoms with Gasteiger partial charge < -0.3 is 9.84 Å². The predicted molar refractivity (Wildman–Crippen MR) is 69.4 cm³/mol. The number of ether oxygens (including phenoxy) is 1.